The van der Waals surface area contributed by atoms with Crippen molar-refractivity contribution in [2.24, 2.45) is 0 Å². The van der Waals surface area contributed by atoms with E-state index < -0.39 is 12.6 Å². The van der Waals surface area contributed by atoms with Gasteiger partial charge in [0.25, 0.3) is 0 Å². The van der Waals surface area contributed by atoms with Gasteiger partial charge in [0, 0.05) is 12.5 Å². The second kappa shape index (κ2) is 7.48. The Morgan fingerprint density at radius 2 is 1.89 bits per heavy atom. The van der Waals surface area contributed by atoms with Crippen molar-refractivity contribution in [2.75, 3.05) is 6.54 Å². The molecule has 0 fully saturated rings. The lowest BCUT2D eigenvalue weighted by molar-refractivity contribution is -0.135. The highest BCUT2D eigenvalue weighted by molar-refractivity contribution is 5.18. The quantitative estimate of drug-likeness (QED) is 0.740. The summed E-state index contributed by atoms with van der Waals surface area (Å²) in [6.07, 6.45) is -4.03. The molecule has 0 aliphatic heterocycles. The van der Waals surface area contributed by atoms with Gasteiger partial charge in [0.1, 0.15) is 5.82 Å². The van der Waals surface area contributed by atoms with Crippen molar-refractivity contribution < 1.29 is 17.6 Å². The number of likely N-dealkylation sites (N-methyl/N-ethyl adjacent to an activating group) is 1. The predicted molar refractivity (Wildman–Crippen MR) is 67.5 cm³/mol. The second-order valence-electron chi connectivity index (χ2n) is 4.56. The molecule has 19 heavy (non-hydrogen) atoms. The summed E-state index contributed by atoms with van der Waals surface area (Å²) in [5.41, 5.74) is 0.542. The lowest BCUT2D eigenvalue weighted by Gasteiger charge is -2.18. The zero-order chi connectivity index (χ0) is 14.3. The largest absolute Gasteiger partial charge is 0.389 e. The van der Waals surface area contributed by atoms with E-state index in [0.717, 1.165) is 0 Å². The van der Waals surface area contributed by atoms with E-state index in [9.17, 15) is 17.6 Å². The zero-order valence-corrected chi connectivity index (χ0v) is 10.9. The van der Waals surface area contributed by atoms with E-state index in [2.05, 4.69) is 5.32 Å². The highest BCUT2D eigenvalue weighted by atomic mass is 19.4. The Kier molecular flexibility index (Phi) is 6.28. The van der Waals surface area contributed by atoms with E-state index in [-0.39, 0.29) is 18.3 Å². The molecule has 1 rings (SSSR count). The minimum Gasteiger partial charge on any atom is -0.314 e. The first-order valence-electron chi connectivity index (χ1n) is 6.46. The average Bonchev–Trinajstić information content (AvgIpc) is 2.30. The van der Waals surface area contributed by atoms with Gasteiger partial charge in [-0.25, -0.2) is 4.39 Å². The van der Waals surface area contributed by atoms with Gasteiger partial charge < -0.3 is 5.32 Å². The maximum atomic E-state index is 13.5. The number of halogens is 4. The fraction of sp³-hybridized carbons (Fsp3) is 0.571. The minimum atomic E-state index is -4.12. The minimum absolute atomic E-state index is 0.0651. The van der Waals surface area contributed by atoms with Gasteiger partial charge in [-0.05, 0) is 37.4 Å². The summed E-state index contributed by atoms with van der Waals surface area (Å²) in [6, 6.07) is 6.25. The predicted octanol–water partition coefficient (Wildman–Crippen LogP) is 4.08. The van der Waals surface area contributed by atoms with Crippen molar-refractivity contribution in [3.05, 3.63) is 35.6 Å². The molecule has 1 aromatic carbocycles. The summed E-state index contributed by atoms with van der Waals surface area (Å²) in [7, 11) is 0. The number of rotatable bonds is 7. The van der Waals surface area contributed by atoms with Gasteiger partial charge >= 0.3 is 6.18 Å². The van der Waals surface area contributed by atoms with Crippen LogP contribution < -0.4 is 5.32 Å². The summed E-state index contributed by atoms with van der Waals surface area (Å²) in [5, 5.41) is 3.11. The van der Waals surface area contributed by atoms with E-state index in [1.807, 2.05) is 6.92 Å². The highest BCUT2D eigenvalue weighted by Crippen LogP contribution is 2.23. The summed E-state index contributed by atoms with van der Waals surface area (Å²) >= 11 is 0. The zero-order valence-electron chi connectivity index (χ0n) is 10.9. The Morgan fingerprint density at radius 3 is 2.47 bits per heavy atom. The monoisotopic (exact) mass is 277 g/mol. The molecule has 1 aromatic rings. The van der Waals surface area contributed by atoms with Crippen LogP contribution in [-0.4, -0.2) is 18.8 Å². The molecule has 0 spiro atoms. The third kappa shape index (κ3) is 6.57. The Bertz CT molecular complexity index is 376. The van der Waals surface area contributed by atoms with E-state index >= 15 is 0 Å². The molecule has 0 heterocycles. The molecular formula is C14H19F4N. The van der Waals surface area contributed by atoms with Gasteiger partial charge in [0.05, 0.1) is 0 Å². The molecule has 1 atom stereocenters. The average molecular weight is 277 g/mol. The Labute approximate surface area is 111 Å². The van der Waals surface area contributed by atoms with Crippen LogP contribution in [0.25, 0.3) is 0 Å². The number of nitrogens with one attached hydrogen (secondary N) is 1. The molecule has 0 bridgehead atoms. The van der Waals surface area contributed by atoms with Gasteiger partial charge in [0.15, 0.2) is 0 Å². The molecule has 0 saturated carbocycles. The Hall–Kier alpha value is -1.10. The fourth-order valence-corrected chi connectivity index (χ4v) is 2.04. The van der Waals surface area contributed by atoms with E-state index in [0.29, 0.717) is 24.9 Å². The molecule has 1 N–H and O–H groups in total. The lowest BCUT2D eigenvalue weighted by Crippen LogP contribution is -2.31. The SMILES string of the molecule is CCNC(CCCC(F)(F)F)Cc1ccccc1F. The molecule has 108 valence electrons. The van der Waals surface area contributed by atoms with Crippen LogP contribution in [0.1, 0.15) is 31.7 Å². The maximum absolute atomic E-state index is 13.5. The molecule has 0 aliphatic carbocycles. The third-order valence-electron chi connectivity index (χ3n) is 2.93. The molecule has 0 amide bonds. The Morgan fingerprint density at radius 1 is 1.21 bits per heavy atom. The summed E-state index contributed by atoms with van der Waals surface area (Å²) < 4.78 is 49.8. The molecule has 5 heteroatoms. The smallest absolute Gasteiger partial charge is 0.314 e. The van der Waals surface area contributed by atoms with Crippen LogP contribution in [0.2, 0.25) is 0 Å². The van der Waals surface area contributed by atoms with Crippen molar-refractivity contribution in [3.8, 4) is 0 Å². The van der Waals surface area contributed by atoms with Gasteiger partial charge in [-0.15, -0.1) is 0 Å². The summed E-state index contributed by atoms with van der Waals surface area (Å²) in [5.74, 6) is -0.304. The maximum Gasteiger partial charge on any atom is 0.389 e. The van der Waals surface area contributed by atoms with Crippen molar-refractivity contribution in [3.63, 3.8) is 0 Å². The lowest BCUT2D eigenvalue weighted by atomic mass is 10.0. The van der Waals surface area contributed by atoms with Crippen molar-refractivity contribution >= 4 is 0 Å². The number of hydrogen-bond acceptors (Lipinski definition) is 1. The van der Waals surface area contributed by atoms with E-state index in [1.54, 1.807) is 18.2 Å². The van der Waals surface area contributed by atoms with Crippen LogP contribution in [0.3, 0.4) is 0 Å². The summed E-state index contributed by atoms with van der Waals surface area (Å²) in [6.45, 7) is 2.54. The first kappa shape index (κ1) is 16.0. The first-order valence-corrected chi connectivity index (χ1v) is 6.46. The number of benzene rings is 1. The van der Waals surface area contributed by atoms with Crippen LogP contribution >= 0.6 is 0 Å². The van der Waals surface area contributed by atoms with Crippen LogP contribution in [0.5, 0.6) is 0 Å². The van der Waals surface area contributed by atoms with Gasteiger partial charge in [0.2, 0.25) is 0 Å². The number of alkyl halides is 3. The van der Waals surface area contributed by atoms with E-state index in [4.69, 9.17) is 0 Å². The molecule has 0 aliphatic rings. The van der Waals surface area contributed by atoms with Crippen molar-refractivity contribution in [1.29, 1.82) is 0 Å². The van der Waals surface area contributed by atoms with Crippen molar-refractivity contribution in [2.45, 2.75) is 44.8 Å². The molecule has 0 radical (unpaired) electrons. The summed E-state index contributed by atoms with van der Waals surface area (Å²) in [4.78, 5) is 0. The van der Waals surface area contributed by atoms with Crippen LogP contribution in [-0.2, 0) is 6.42 Å². The number of hydrogen-bond donors (Lipinski definition) is 1. The van der Waals surface area contributed by atoms with Crippen molar-refractivity contribution in [1.82, 2.24) is 5.32 Å². The molecular weight excluding hydrogens is 258 g/mol. The molecule has 0 aromatic heterocycles. The normalized spacial score (nSPS) is 13.5. The first-order chi connectivity index (χ1) is 8.92. The second-order valence-corrected chi connectivity index (χ2v) is 4.56. The topological polar surface area (TPSA) is 12.0 Å². The van der Waals surface area contributed by atoms with E-state index in [1.165, 1.54) is 6.07 Å². The third-order valence-corrected chi connectivity index (χ3v) is 2.93. The van der Waals surface area contributed by atoms with Crippen LogP contribution in [0, 0.1) is 5.82 Å². The Balaban J connectivity index is 2.51. The van der Waals surface area contributed by atoms with Gasteiger partial charge in [-0.1, -0.05) is 25.1 Å². The van der Waals surface area contributed by atoms with Gasteiger partial charge in [-0.2, -0.15) is 13.2 Å². The van der Waals surface area contributed by atoms with Gasteiger partial charge in [-0.3, -0.25) is 0 Å². The van der Waals surface area contributed by atoms with Crippen LogP contribution in [0.15, 0.2) is 24.3 Å². The molecule has 0 saturated heterocycles. The standard InChI is InChI=1S/C14H19F4N/c1-2-19-12(7-5-9-14(16,17)18)10-11-6-3-4-8-13(11)15/h3-4,6,8,12,19H,2,5,7,9-10H2,1H3. The van der Waals surface area contributed by atoms with Crippen LogP contribution in [0.4, 0.5) is 17.6 Å². The molecule has 1 unspecified atom stereocenters. The fourth-order valence-electron chi connectivity index (χ4n) is 2.04. The molecule has 1 nitrogen and oxygen atoms in total. The highest BCUT2D eigenvalue weighted by Gasteiger charge is 2.26.